The lowest BCUT2D eigenvalue weighted by Gasteiger charge is -2.16. The summed E-state index contributed by atoms with van der Waals surface area (Å²) >= 11 is 12.3. The minimum atomic E-state index is -1.43. The van der Waals surface area contributed by atoms with Gasteiger partial charge in [-0.2, -0.15) is 10.2 Å². The number of Topliss-reactive ketones (excluding diaryl/α,β-unsaturated/α-hetero) is 1. The zero-order valence-electron chi connectivity index (χ0n) is 18.9. The first-order valence-electron chi connectivity index (χ1n) is 9.98. The first kappa shape index (κ1) is 26.2. The van der Waals surface area contributed by atoms with Gasteiger partial charge in [0.25, 0.3) is 5.91 Å². The number of hydrogen-bond donors (Lipinski definition) is 1. The Morgan fingerprint density at radius 1 is 0.970 bits per heavy atom. The molecule has 0 aromatic heterocycles. The van der Waals surface area contributed by atoms with Gasteiger partial charge in [0.1, 0.15) is 17.2 Å². The van der Waals surface area contributed by atoms with Crippen LogP contribution in [0.5, 0.6) is 23.0 Å². The quantitative estimate of drug-likeness (QED) is 0.324. The van der Waals surface area contributed by atoms with Gasteiger partial charge in [0.15, 0.2) is 17.3 Å². The molecule has 0 saturated carbocycles. The van der Waals surface area contributed by atoms with Crippen molar-refractivity contribution in [2.24, 2.45) is 10.2 Å². The minimum absolute atomic E-state index is 0.207. The summed E-state index contributed by atoms with van der Waals surface area (Å²) in [4.78, 5) is 25.0. The molecule has 2 rings (SSSR count). The summed E-state index contributed by atoms with van der Waals surface area (Å²) in [5, 5.41) is 11.2. The van der Waals surface area contributed by atoms with Crippen molar-refractivity contribution in [1.82, 2.24) is 0 Å². The van der Waals surface area contributed by atoms with Crippen LogP contribution in [0.25, 0.3) is 0 Å². The van der Waals surface area contributed by atoms with E-state index in [0.717, 1.165) is 0 Å². The summed E-state index contributed by atoms with van der Waals surface area (Å²) in [6.45, 7) is 5.63. The van der Waals surface area contributed by atoms with E-state index in [9.17, 15) is 9.59 Å². The highest BCUT2D eigenvalue weighted by Crippen LogP contribution is 2.40. The van der Waals surface area contributed by atoms with Gasteiger partial charge in [0, 0.05) is 23.2 Å². The summed E-state index contributed by atoms with van der Waals surface area (Å²) in [7, 11) is 2.82. The second kappa shape index (κ2) is 12.3. The Kier molecular flexibility index (Phi) is 9.74. The Hall–Kier alpha value is -3.04. The van der Waals surface area contributed by atoms with E-state index in [1.165, 1.54) is 39.3 Å². The third-order valence-corrected chi connectivity index (χ3v) is 4.72. The number of amides is 1. The van der Waals surface area contributed by atoms with Crippen LogP contribution < -0.4 is 24.3 Å². The van der Waals surface area contributed by atoms with Crippen molar-refractivity contribution in [3.05, 3.63) is 34.3 Å². The number of nitrogens with one attached hydrogen (secondary N) is 1. The molecule has 0 radical (unpaired) electrons. The molecule has 0 bridgehead atoms. The predicted molar refractivity (Wildman–Crippen MR) is 126 cm³/mol. The Morgan fingerprint density at radius 3 is 2.09 bits per heavy atom. The van der Waals surface area contributed by atoms with E-state index in [1.54, 1.807) is 6.07 Å². The second-order valence-corrected chi connectivity index (χ2v) is 7.37. The molecule has 1 N–H and O–H groups in total. The number of benzene rings is 2. The Morgan fingerprint density at radius 2 is 1.58 bits per heavy atom. The molecule has 0 heterocycles. The van der Waals surface area contributed by atoms with E-state index in [1.807, 2.05) is 13.8 Å². The van der Waals surface area contributed by atoms with Crippen molar-refractivity contribution >= 4 is 46.3 Å². The van der Waals surface area contributed by atoms with Crippen LogP contribution >= 0.6 is 23.2 Å². The van der Waals surface area contributed by atoms with Crippen LogP contribution in [0.15, 0.2) is 34.5 Å². The van der Waals surface area contributed by atoms with Crippen LogP contribution in [0.3, 0.4) is 0 Å². The molecule has 0 spiro atoms. The maximum Gasteiger partial charge on any atom is 0.259 e. The average Bonchev–Trinajstić information content (AvgIpc) is 2.77. The van der Waals surface area contributed by atoms with Gasteiger partial charge < -0.3 is 24.3 Å². The summed E-state index contributed by atoms with van der Waals surface area (Å²) in [5.41, 5.74) is 0.492. The molecule has 1 amide bonds. The second-order valence-electron chi connectivity index (χ2n) is 6.52. The Balaban J connectivity index is 2.35. The third-order valence-electron chi connectivity index (χ3n) is 4.22. The molecule has 0 aliphatic carbocycles. The number of halogens is 2. The SMILES string of the molecule is CCOc1cc(N=NC(C(C)=O)C(=O)Nc2c(OC)cc(Cl)cc2OC)cc(Cl)c1OCC. The van der Waals surface area contributed by atoms with E-state index in [2.05, 4.69) is 15.5 Å². The number of carbonyl (C=O) groups excluding carboxylic acids is 2. The summed E-state index contributed by atoms with van der Waals surface area (Å²) < 4.78 is 21.6. The molecule has 2 aromatic rings. The van der Waals surface area contributed by atoms with Crippen molar-refractivity contribution in [2.75, 3.05) is 32.8 Å². The van der Waals surface area contributed by atoms with Crippen molar-refractivity contribution in [1.29, 1.82) is 0 Å². The van der Waals surface area contributed by atoms with Gasteiger partial charge in [-0.1, -0.05) is 23.2 Å². The van der Waals surface area contributed by atoms with Crippen LogP contribution in [-0.2, 0) is 9.59 Å². The van der Waals surface area contributed by atoms with E-state index in [4.69, 9.17) is 42.1 Å². The van der Waals surface area contributed by atoms with Crippen molar-refractivity contribution in [2.45, 2.75) is 26.8 Å². The number of azo groups is 1. The number of ketones is 1. The fourth-order valence-corrected chi connectivity index (χ4v) is 3.25. The molecule has 9 nitrogen and oxygen atoms in total. The van der Waals surface area contributed by atoms with Crippen LogP contribution in [0, 0.1) is 0 Å². The largest absolute Gasteiger partial charge is 0.494 e. The van der Waals surface area contributed by atoms with Gasteiger partial charge in [-0.25, -0.2) is 0 Å². The van der Waals surface area contributed by atoms with E-state index in [-0.39, 0.29) is 27.9 Å². The fraction of sp³-hybridized carbons (Fsp3) is 0.364. The molecule has 2 aromatic carbocycles. The van der Waals surface area contributed by atoms with Gasteiger partial charge in [-0.05, 0) is 26.8 Å². The minimum Gasteiger partial charge on any atom is -0.494 e. The number of methoxy groups -OCH3 is 2. The third kappa shape index (κ3) is 6.72. The number of hydrogen-bond acceptors (Lipinski definition) is 8. The predicted octanol–water partition coefficient (Wildman–Crippen LogP) is 5.49. The molecule has 0 aliphatic heterocycles. The Bertz CT molecular complexity index is 1020. The molecule has 178 valence electrons. The zero-order chi connectivity index (χ0) is 24.5. The van der Waals surface area contributed by atoms with Gasteiger partial charge >= 0.3 is 0 Å². The first-order chi connectivity index (χ1) is 15.7. The van der Waals surface area contributed by atoms with Gasteiger partial charge in [-0.3, -0.25) is 9.59 Å². The molecule has 1 atom stereocenters. The molecule has 0 saturated heterocycles. The van der Waals surface area contributed by atoms with Gasteiger partial charge in [0.2, 0.25) is 6.04 Å². The summed E-state index contributed by atoms with van der Waals surface area (Å²) in [6, 6.07) is 4.63. The summed E-state index contributed by atoms with van der Waals surface area (Å²) in [5.74, 6) is 0.0126. The van der Waals surface area contributed by atoms with Crippen LogP contribution in [0.2, 0.25) is 10.0 Å². The maximum absolute atomic E-state index is 12.9. The summed E-state index contributed by atoms with van der Waals surface area (Å²) in [6.07, 6.45) is 0. The topological polar surface area (TPSA) is 108 Å². The van der Waals surface area contributed by atoms with Crippen molar-refractivity contribution in [3.63, 3.8) is 0 Å². The first-order valence-corrected chi connectivity index (χ1v) is 10.7. The number of nitrogens with zero attached hydrogens (tertiary/aromatic N) is 2. The highest BCUT2D eigenvalue weighted by Gasteiger charge is 2.26. The standard InChI is InChI=1S/C22H25Cl2N3O6/c1-6-32-18-11-14(10-15(24)21(18)33-7-2)26-27-19(12(3)28)22(29)25-20-16(30-4)8-13(23)9-17(20)31-5/h8-11,19H,6-7H2,1-5H3,(H,25,29). The lowest BCUT2D eigenvalue weighted by Crippen LogP contribution is -2.32. The van der Waals surface area contributed by atoms with Crippen LogP contribution in [0.1, 0.15) is 20.8 Å². The van der Waals surface area contributed by atoms with E-state index >= 15 is 0 Å². The molecule has 0 aliphatic rings. The molecule has 11 heteroatoms. The molecular formula is C22H25Cl2N3O6. The van der Waals surface area contributed by atoms with Gasteiger partial charge in [-0.15, -0.1) is 0 Å². The lowest BCUT2D eigenvalue weighted by molar-refractivity contribution is -0.126. The number of ether oxygens (including phenoxy) is 4. The normalized spacial score (nSPS) is 11.7. The van der Waals surface area contributed by atoms with Gasteiger partial charge in [0.05, 0.1) is 38.1 Å². The highest BCUT2D eigenvalue weighted by molar-refractivity contribution is 6.32. The van der Waals surface area contributed by atoms with E-state index < -0.39 is 17.7 Å². The average molecular weight is 498 g/mol. The van der Waals surface area contributed by atoms with E-state index in [0.29, 0.717) is 29.7 Å². The molecule has 0 fully saturated rings. The van der Waals surface area contributed by atoms with Crippen molar-refractivity contribution in [3.8, 4) is 23.0 Å². The monoisotopic (exact) mass is 497 g/mol. The van der Waals surface area contributed by atoms with Crippen molar-refractivity contribution < 1.29 is 28.5 Å². The maximum atomic E-state index is 12.9. The number of anilines is 1. The fourth-order valence-electron chi connectivity index (χ4n) is 2.80. The molecular weight excluding hydrogens is 473 g/mol. The Labute approximate surface area is 202 Å². The number of carbonyl (C=O) groups is 2. The number of rotatable bonds is 11. The molecule has 33 heavy (non-hydrogen) atoms. The molecule has 1 unspecified atom stereocenters. The smallest absolute Gasteiger partial charge is 0.259 e. The van der Waals surface area contributed by atoms with Crippen LogP contribution in [-0.4, -0.2) is 45.2 Å². The lowest BCUT2D eigenvalue weighted by atomic mass is 10.2. The zero-order valence-corrected chi connectivity index (χ0v) is 20.4. The van der Waals surface area contributed by atoms with Crippen LogP contribution in [0.4, 0.5) is 11.4 Å². The highest BCUT2D eigenvalue weighted by atomic mass is 35.5.